The summed E-state index contributed by atoms with van der Waals surface area (Å²) >= 11 is 5.19. The van der Waals surface area contributed by atoms with Crippen molar-refractivity contribution in [1.82, 2.24) is 5.32 Å². The van der Waals surface area contributed by atoms with Gasteiger partial charge in [-0.25, -0.2) is 4.79 Å². The first kappa shape index (κ1) is 15.9. The van der Waals surface area contributed by atoms with Crippen LogP contribution in [-0.4, -0.2) is 34.1 Å². The number of benzene rings is 1. The highest BCUT2D eigenvalue weighted by atomic mass is 127. The average molecular weight is 442 g/mol. The van der Waals surface area contributed by atoms with Crippen LogP contribution in [0.4, 0.5) is 0 Å². The summed E-state index contributed by atoms with van der Waals surface area (Å²) in [6.45, 7) is 0. The minimum absolute atomic E-state index is 0.253. The molecule has 1 amide bonds. The van der Waals surface area contributed by atoms with E-state index in [1.54, 1.807) is 18.2 Å². The van der Waals surface area contributed by atoms with E-state index < -0.39 is 30.3 Å². The normalized spacial score (nSPS) is 11.7. The van der Waals surface area contributed by atoms with Gasteiger partial charge in [0, 0.05) is 8.04 Å². The molecule has 0 aliphatic rings. The first-order valence-corrected chi connectivity index (χ1v) is 6.89. The van der Waals surface area contributed by atoms with Crippen LogP contribution in [0.15, 0.2) is 22.7 Å². The number of hydrogen-bond acceptors (Lipinski definition) is 3. The number of rotatable bonds is 5. The predicted octanol–water partition coefficient (Wildman–Crippen LogP) is 1.71. The summed E-state index contributed by atoms with van der Waals surface area (Å²) in [5, 5.41) is 19.6. The Kier molecular flexibility index (Phi) is 5.73. The smallest absolute Gasteiger partial charge is 0.326 e. The molecule has 8 heteroatoms. The van der Waals surface area contributed by atoms with E-state index in [-0.39, 0.29) is 5.56 Å². The third-order valence-corrected chi connectivity index (χ3v) is 3.52. The van der Waals surface area contributed by atoms with E-state index in [2.05, 4.69) is 21.2 Å². The van der Waals surface area contributed by atoms with E-state index in [9.17, 15) is 14.4 Å². The van der Waals surface area contributed by atoms with Crippen LogP contribution in [0.1, 0.15) is 16.8 Å². The quantitative estimate of drug-likeness (QED) is 0.603. The van der Waals surface area contributed by atoms with E-state index in [1.807, 2.05) is 22.6 Å². The van der Waals surface area contributed by atoms with Gasteiger partial charge in [0.1, 0.15) is 6.04 Å². The van der Waals surface area contributed by atoms with Crippen molar-refractivity contribution >= 4 is 56.4 Å². The number of amides is 1. The highest BCUT2D eigenvalue weighted by Crippen LogP contribution is 2.19. The third-order valence-electron chi connectivity index (χ3n) is 2.16. The zero-order valence-electron chi connectivity index (χ0n) is 9.39. The number of hydrogen-bond donors (Lipinski definition) is 3. The number of carboxylic acid groups (broad SMARTS) is 2. The fourth-order valence-corrected chi connectivity index (χ4v) is 2.20. The molecule has 1 aromatic rings. The maximum atomic E-state index is 11.9. The van der Waals surface area contributed by atoms with Gasteiger partial charge in [-0.05, 0) is 56.7 Å². The van der Waals surface area contributed by atoms with Crippen LogP contribution < -0.4 is 5.32 Å². The summed E-state index contributed by atoms with van der Waals surface area (Å²) in [6, 6.07) is 3.53. The average Bonchev–Trinajstić information content (AvgIpc) is 2.30. The van der Waals surface area contributed by atoms with Crippen molar-refractivity contribution in [3.63, 3.8) is 0 Å². The summed E-state index contributed by atoms with van der Waals surface area (Å²) in [4.78, 5) is 33.3. The van der Waals surface area contributed by atoms with Crippen molar-refractivity contribution in [3.8, 4) is 0 Å². The molecule has 0 saturated heterocycles. The summed E-state index contributed by atoms with van der Waals surface area (Å²) < 4.78 is 1.31. The van der Waals surface area contributed by atoms with Gasteiger partial charge in [-0.2, -0.15) is 0 Å². The first-order chi connectivity index (χ1) is 8.81. The van der Waals surface area contributed by atoms with E-state index in [4.69, 9.17) is 10.2 Å². The van der Waals surface area contributed by atoms with Crippen molar-refractivity contribution in [2.45, 2.75) is 12.5 Å². The molecule has 1 atom stereocenters. The Labute approximate surface area is 130 Å². The molecule has 0 spiro atoms. The zero-order valence-corrected chi connectivity index (χ0v) is 13.1. The fraction of sp³-hybridized carbons (Fsp3) is 0.182. The molecule has 0 fully saturated rings. The molecule has 0 saturated carbocycles. The Morgan fingerprint density at radius 3 is 2.47 bits per heavy atom. The predicted molar refractivity (Wildman–Crippen MR) is 78.0 cm³/mol. The molecule has 0 aromatic heterocycles. The van der Waals surface area contributed by atoms with Gasteiger partial charge in [-0.1, -0.05) is 0 Å². The number of nitrogens with one attached hydrogen (secondary N) is 1. The zero-order chi connectivity index (χ0) is 14.6. The van der Waals surface area contributed by atoms with Crippen LogP contribution in [0, 0.1) is 3.57 Å². The molecule has 3 N–H and O–H groups in total. The van der Waals surface area contributed by atoms with Crippen LogP contribution in [-0.2, 0) is 9.59 Å². The van der Waals surface area contributed by atoms with Gasteiger partial charge in [0.2, 0.25) is 0 Å². The molecular formula is C11H9BrINO5. The second kappa shape index (κ2) is 6.85. The first-order valence-electron chi connectivity index (χ1n) is 5.01. The minimum atomic E-state index is -1.46. The Balaban J connectivity index is 2.90. The Bertz CT molecular complexity index is 534. The molecule has 0 aliphatic heterocycles. The highest BCUT2D eigenvalue weighted by molar-refractivity contribution is 14.1. The van der Waals surface area contributed by atoms with E-state index in [0.29, 0.717) is 4.47 Å². The number of aliphatic carboxylic acids is 2. The van der Waals surface area contributed by atoms with Crippen LogP contribution in [0.25, 0.3) is 0 Å². The highest BCUT2D eigenvalue weighted by Gasteiger charge is 2.24. The van der Waals surface area contributed by atoms with Crippen LogP contribution in [0.2, 0.25) is 0 Å². The Hall–Kier alpha value is -1.16. The van der Waals surface area contributed by atoms with Gasteiger partial charge < -0.3 is 15.5 Å². The third kappa shape index (κ3) is 4.78. The summed E-state index contributed by atoms with van der Waals surface area (Å²) in [5.74, 6) is -3.33. The van der Waals surface area contributed by atoms with Crippen molar-refractivity contribution in [1.29, 1.82) is 0 Å². The molecule has 0 radical (unpaired) electrons. The van der Waals surface area contributed by atoms with Gasteiger partial charge in [-0.3, -0.25) is 9.59 Å². The fourth-order valence-electron chi connectivity index (χ4n) is 1.28. The summed E-state index contributed by atoms with van der Waals surface area (Å²) in [6.07, 6.45) is -0.678. The SMILES string of the molecule is O=C(O)CC(NC(=O)c1cc(I)ccc1Br)C(=O)O. The molecule has 0 aliphatic carbocycles. The molecule has 0 heterocycles. The maximum absolute atomic E-state index is 11.9. The monoisotopic (exact) mass is 441 g/mol. The topological polar surface area (TPSA) is 104 Å². The van der Waals surface area contributed by atoms with Crippen molar-refractivity contribution < 1.29 is 24.6 Å². The molecule has 1 unspecified atom stereocenters. The van der Waals surface area contributed by atoms with Gasteiger partial charge in [0.25, 0.3) is 5.91 Å². The summed E-state index contributed by atoms with van der Waals surface area (Å²) in [7, 11) is 0. The molecular weight excluding hydrogens is 433 g/mol. The number of halogens is 2. The van der Waals surface area contributed by atoms with Gasteiger partial charge in [0.05, 0.1) is 12.0 Å². The van der Waals surface area contributed by atoms with Crippen LogP contribution >= 0.6 is 38.5 Å². The number of carboxylic acids is 2. The molecule has 102 valence electrons. The second-order valence-electron chi connectivity index (χ2n) is 3.59. The molecule has 1 rings (SSSR count). The number of carbonyl (C=O) groups excluding carboxylic acids is 1. The van der Waals surface area contributed by atoms with E-state index in [0.717, 1.165) is 3.57 Å². The largest absolute Gasteiger partial charge is 0.481 e. The van der Waals surface area contributed by atoms with Crippen molar-refractivity contribution in [2.24, 2.45) is 0 Å². The molecule has 1 aromatic carbocycles. The lowest BCUT2D eigenvalue weighted by Gasteiger charge is -2.13. The second-order valence-corrected chi connectivity index (χ2v) is 5.69. The summed E-state index contributed by atoms with van der Waals surface area (Å²) in [5.41, 5.74) is 0.253. The molecule has 0 bridgehead atoms. The Morgan fingerprint density at radius 2 is 1.95 bits per heavy atom. The minimum Gasteiger partial charge on any atom is -0.481 e. The van der Waals surface area contributed by atoms with Crippen LogP contribution in [0.5, 0.6) is 0 Å². The van der Waals surface area contributed by atoms with Gasteiger partial charge >= 0.3 is 11.9 Å². The van der Waals surface area contributed by atoms with E-state index in [1.165, 1.54) is 0 Å². The Morgan fingerprint density at radius 1 is 1.32 bits per heavy atom. The van der Waals surface area contributed by atoms with Gasteiger partial charge in [0.15, 0.2) is 0 Å². The molecule has 19 heavy (non-hydrogen) atoms. The standard InChI is InChI=1S/C11H9BrINO5/c12-7-2-1-5(13)3-6(7)10(17)14-8(11(18)19)4-9(15)16/h1-3,8H,4H2,(H,14,17)(H,15,16)(H,18,19). The molecule has 6 nitrogen and oxygen atoms in total. The lowest BCUT2D eigenvalue weighted by atomic mass is 10.1. The van der Waals surface area contributed by atoms with Gasteiger partial charge in [-0.15, -0.1) is 0 Å². The maximum Gasteiger partial charge on any atom is 0.326 e. The van der Waals surface area contributed by atoms with E-state index >= 15 is 0 Å². The van der Waals surface area contributed by atoms with Crippen LogP contribution in [0.3, 0.4) is 0 Å². The lowest BCUT2D eigenvalue weighted by Crippen LogP contribution is -2.42. The van der Waals surface area contributed by atoms with Crippen molar-refractivity contribution in [2.75, 3.05) is 0 Å². The van der Waals surface area contributed by atoms with Crippen molar-refractivity contribution in [3.05, 3.63) is 31.8 Å². The number of carbonyl (C=O) groups is 3. The lowest BCUT2D eigenvalue weighted by molar-refractivity contribution is -0.145.